The van der Waals surface area contributed by atoms with E-state index in [0.717, 1.165) is 31.2 Å². The van der Waals surface area contributed by atoms with Crippen LogP contribution >= 0.6 is 22.9 Å². The van der Waals surface area contributed by atoms with Crippen molar-refractivity contribution >= 4 is 22.9 Å². The van der Waals surface area contributed by atoms with Crippen LogP contribution in [-0.2, 0) is 12.8 Å². The summed E-state index contributed by atoms with van der Waals surface area (Å²) in [5.74, 6) is 5.62. The molecule has 0 saturated carbocycles. The Kier molecular flexibility index (Phi) is 5.79. The van der Waals surface area contributed by atoms with Crippen LogP contribution in [0.5, 0.6) is 0 Å². The molecule has 0 aliphatic rings. The van der Waals surface area contributed by atoms with Crippen molar-refractivity contribution in [3.05, 3.63) is 51.4 Å². The predicted octanol–water partition coefficient (Wildman–Crippen LogP) is 3.19. The molecule has 1 atom stereocenters. The lowest BCUT2D eigenvalue weighted by Crippen LogP contribution is -2.36. The van der Waals surface area contributed by atoms with Crippen molar-refractivity contribution in [3.8, 4) is 0 Å². The number of hydrazine groups is 1. The van der Waals surface area contributed by atoms with Gasteiger partial charge in [-0.3, -0.25) is 16.3 Å². The van der Waals surface area contributed by atoms with Crippen molar-refractivity contribution in [1.29, 1.82) is 0 Å². The first kappa shape index (κ1) is 14.5. The number of nitrogens with two attached hydrogens (primary N) is 1. The zero-order valence-corrected chi connectivity index (χ0v) is 12.3. The number of aromatic nitrogens is 1. The summed E-state index contributed by atoms with van der Waals surface area (Å²) in [7, 11) is 0. The second-order valence-corrected chi connectivity index (χ2v) is 5.95. The number of thiophene rings is 1. The second-order valence-electron chi connectivity index (χ2n) is 4.51. The predicted molar refractivity (Wildman–Crippen MR) is 81.3 cm³/mol. The molecule has 19 heavy (non-hydrogen) atoms. The Balaban J connectivity index is 1.82. The van der Waals surface area contributed by atoms with E-state index in [0.29, 0.717) is 5.02 Å². The fourth-order valence-corrected chi connectivity index (χ4v) is 3.00. The van der Waals surface area contributed by atoms with Crippen molar-refractivity contribution in [2.75, 3.05) is 0 Å². The van der Waals surface area contributed by atoms with Crippen LogP contribution in [0.25, 0.3) is 0 Å². The van der Waals surface area contributed by atoms with Crippen LogP contribution in [0.1, 0.15) is 23.3 Å². The minimum atomic E-state index is 0.250. The highest BCUT2D eigenvalue weighted by molar-refractivity contribution is 7.09. The van der Waals surface area contributed by atoms with E-state index >= 15 is 0 Å². The van der Waals surface area contributed by atoms with Crippen LogP contribution < -0.4 is 11.3 Å². The van der Waals surface area contributed by atoms with Gasteiger partial charge in [0.1, 0.15) is 0 Å². The Morgan fingerprint density at radius 2 is 2.32 bits per heavy atom. The normalized spacial score (nSPS) is 12.5. The van der Waals surface area contributed by atoms with Gasteiger partial charge in [0.2, 0.25) is 0 Å². The molecule has 0 radical (unpaired) electrons. The molecule has 2 heterocycles. The number of pyridine rings is 1. The lowest BCUT2D eigenvalue weighted by atomic mass is 10.0. The maximum atomic E-state index is 6.11. The van der Waals surface area contributed by atoms with Gasteiger partial charge in [-0.1, -0.05) is 17.7 Å². The molecule has 2 aromatic rings. The minimum absolute atomic E-state index is 0.250. The van der Waals surface area contributed by atoms with Crippen LogP contribution in [0, 0.1) is 0 Å². The van der Waals surface area contributed by atoms with E-state index in [1.54, 1.807) is 12.4 Å². The van der Waals surface area contributed by atoms with Crippen LogP contribution in [0.3, 0.4) is 0 Å². The highest BCUT2D eigenvalue weighted by Gasteiger charge is 2.10. The minimum Gasteiger partial charge on any atom is -0.271 e. The van der Waals surface area contributed by atoms with Gasteiger partial charge >= 0.3 is 0 Å². The zero-order chi connectivity index (χ0) is 13.5. The molecule has 0 aliphatic carbocycles. The molecule has 0 aromatic carbocycles. The summed E-state index contributed by atoms with van der Waals surface area (Å²) in [5.41, 5.74) is 3.98. The monoisotopic (exact) mass is 295 g/mol. The fourth-order valence-electron chi connectivity index (χ4n) is 2.06. The maximum Gasteiger partial charge on any atom is 0.0621 e. The van der Waals surface area contributed by atoms with Crippen LogP contribution in [0.4, 0.5) is 0 Å². The molecular formula is C14H18ClN3S. The largest absolute Gasteiger partial charge is 0.271 e. The lowest BCUT2D eigenvalue weighted by Gasteiger charge is -2.16. The third kappa shape index (κ3) is 4.58. The maximum absolute atomic E-state index is 6.11. The first-order valence-corrected chi connectivity index (χ1v) is 7.62. The number of rotatable bonds is 7. The van der Waals surface area contributed by atoms with Gasteiger partial charge in [-0.05, 0) is 48.8 Å². The molecule has 0 amide bonds. The summed E-state index contributed by atoms with van der Waals surface area (Å²) >= 11 is 7.92. The summed E-state index contributed by atoms with van der Waals surface area (Å²) in [4.78, 5) is 5.42. The number of halogens is 1. The van der Waals surface area contributed by atoms with E-state index in [-0.39, 0.29) is 6.04 Å². The highest BCUT2D eigenvalue weighted by Crippen LogP contribution is 2.18. The molecule has 1 unspecified atom stereocenters. The molecule has 0 spiro atoms. The van der Waals surface area contributed by atoms with Gasteiger partial charge in [-0.25, -0.2) is 0 Å². The molecule has 2 aromatic heterocycles. The number of hydrogen-bond donors (Lipinski definition) is 2. The topological polar surface area (TPSA) is 50.9 Å². The summed E-state index contributed by atoms with van der Waals surface area (Å²) in [6, 6.07) is 6.47. The van der Waals surface area contributed by atoms with E-state index in [1.165, 1.54) is 4.88 Å². The third-order valence-corrected chi connectivity index (χ3v) is 4.39. The average molecular weight is 296 g/mol. The Hall–Kier alpha value is -0.940. The summed E-state index contributed by atoms with van der Waals surface area (Å²) in [5, 5.41) is 2.83. The quantitative estimate of drug-likeness (QED) is 0.609. The third-order valence-electron chi connectivity index (χ3n) is 3.11. The summed E-state index contributed by atoms with van der Waals surface area (Å²) in [6.45, 7) is 0. The Bertz CT molecular complexity index is 487. The molecule has 2 rings (SSSR count). The van der Waals surface area contributed by atoms with Gasteiger partial charge in [-0.15, -0.1) is 11.3 Å². The molecule has 5 heteroatoms. The van der Waals surface area contributed by atoms with Gasteiger partial charge < -0.3 is 0 Å². The standard InChI is InChI=1S/C14H18ClN3S/c15-14-10-17-7-6-11(14)9-12(18-16)3-1-4-13-5-2-8-19-13/h2,5-8,10,12,18H,1,3-4,9,16H2. The molecule has 102 valence electrons. The van der Waals surface area contributed by atoms with E-state index < -0.39 is 0 Å². The molecule has 0 fully saturated rings. The zero-order valence-electron chi connectivity index (χ0n) is 10.7. The van der Waals surface area contributed by atoms with E-state index in [9.17, 15) is 0 Å². The van der Waals surface area contributed by atoms with Gasteiger partial charge in [0.05, 0.1) is 5.02 Å². The van der Waals surface area contributed by atoms with E-state index in [1.807, 2.05) is 17.4 Å². The van der Waals surface area contributed by atoms with Gasteiger partial charge in [0.25, 0.3) is 0 Å². The molecule has 0 saturated heterocycles. The van der Waals surface area contributed by atoms with Crippen LogP contribution in [-0.4, -0.2) is 11.0 Å². The van der Waals surface area contributed by atoms with Crippen molar-refractivity contribution in [2.24, 2.45) is 5.84 Å². The van der Waals surface area contributed by atoms with Crippen molar-refractivity contribution in [3.63, 3.8) is 0 Å². The van der Waals surface area contributed by atoms with E-state index in [2.05, 4.69) is 27.9 Å². The van der Waals surface area contributed by atoms with Gasteiger partial charge in [0, 0.05) is 23.3 Å². The van der Waals surface area contributed by atoms with Crippen molar-refractivity contribution < 1.29 is 0 Å². The first-order chi connectivity index (χ1) is 9.29. The van der Waals surface area contributed by atoms with Crippen molar-refractivity contribution in [1.82, 2.24) is 10.4 Å². The second kappa shape index (κ2) is 7.60. The summed E-state index contributed by atoms with van der Waals surface area (Å²) in [6.07, 6.45) is 7.55. The van der Waals surface area contributed by atoms with Crippen LogP contribution in [0.15, 0.2) is 36.0 Å². The molecule has 3 N–H and O–H groups in total. The number of hydrogen-bond acceptors (Lipinski definition) is 4. The Labute approximate surface area is 122 Å². The van der Waals surface area contributed by atoms with Gasteiger partial charge in [0.15, 0.2) is 0 Å². The summed E-state index contributed by atoms with van der Waals surface area (Å²) < 4.78 is 0. The Morgan fingerprint density at radius 3 is 3.00 bits per heavy atom. The fraction of sp³-hybridized carbons (Fsp3) is 0.357. The number of aryl methyl sites for hydroxylation is 1. The number of nitrogens with one attached hydrogen (secondary N) is 1. The van der Waals surface area contributed by atoms with Crippen molar-refractivity contribution in [2.45, 2.75) is 31.7 Å². The highest BCUT2D eigenvalue weighted by atomic mass is 35.5. The average Bonchev–Trinajstić information content (AvgIpc) is 2.93. The van der Waals surface area contributed by atoms with Gasteiger partial charge in [-0.2, -0.15) is 0 Å². The molecule has 0 aliphatic heterocycles. The van der Waals surface area contributed by atoms with Crippen LogP contribution in [0.2, 0.25) is 5.02 Å². The smallest absolute Gasteiger partial charge is 0.0621 e. The lowest BCUT2D eigenvalue weighted by molar-refractivity contribution is 0.477. The Morgan fingerprint density at radius 1 is 1.42 bits per heavy atom. The number of nitrogens with zero attached hydrogens (tertiary/aromatic N) is 1. The van der Waals surface area contributed by atoms with E-state index in [4.69, 9.17) is 17.4 Å². The first-order valence-electron chi connectivity index (χ1n) is 6.36. The molecule has 0 bridgehead atoms. The molecule has 3 nitrogen and oxygen atoms in total. The SMILES string of the molecule is NNC(CCCc1cccs1)Cc1ccncc1Cl. The molecular weight excluding hydrogens is 278 g/mol.